The van der Waals surface area contributed by atoms with Gasteiger partial charge in [0.15, 0.2) is 0 Å². The minimum atomic E-state index is -0.402. The maximum Gasteiger partial charge on any atom is 0.338 e. The van der Waals surface area contributed by atoms with Crippen LogP contribution >= 0.6 is 0 Å². The van der Waals surface area contributed by atoms with Gasteiger partial charge in [-0.25, -0.2) is 9.78 Å². The van der Waals surface area contributed by atoms with Crippen LogP contribution in [0.1, 0.15) is 30.1 Å². The average Bonchev–Trinajstić information content (AvgIpc) is 2.71. The van der Waals surface area contributed by atoms with Gasteiger partial charge < -0.3 is 9.47 Å². The predicted molar refractivity (Wildman–Crippen MR) is 103 cm³/mol. The summed E-state index contributed by atoms with van der Waals surface area (Å²) >= 11 is 0. The van der Waals surface area contributed by atoms with Gasteiger partial charge in [0, 0.05) is 6.54 Å². The summed E-state index contributed by atoms with van der Waals surface area (Å²) in [5.74, 6) is 0.251. The van der Waals surface area contributed by atoms with Crippen LogP contribution in [0.25, 0.3) is 10.9 Å². The summed E-state index contributed by atoms with van der Waals surface area (Å²) in [6.07, 6.45) is 2.95. The Morgan fingerprint density at radius 1 is 1.11 bits per heavy atom. The zero-order valence-electron chi connectivity index (χ0n) is 15.3. The lowest BCUT2D eigenvalue weighted by atomic mass is 10.2. The van der Waals surface area contributed by atoms with Crippen molar-refractivity contribution in [2.75, 3.05) is 13.2 Å². The number of ether oxygens (including phenoxy) is 2. The molecular formula is C21H22N2O4. The van der Waals surface area contributed by atoms with Gasteiger partial charge in [-0.2, -0.15) is 0 Å². The van der Waals surface area contributed by atoms with Gasteiger partial charge in [-0.3, -0.25) is 9.36 Å². The molecule has 6 nitrogen and oxygen atoms in total. The minimum absolute atomic E-state index is 0.0901. The van der Waals surface area contributed by atoms with Crippen molar-refractivity contribution in [3.05, 3.63) is 70.8 Å². The normalized spacial score (nSPS) is 10.7. The fourth-order valence-electron chi connectivity index (χ4n) is 2.68. The third kappa shape index (κ3) is 4.73. The molecule has 1 aromatic heterocycles. The van der Waals surface area contributed by atoms with Crippen LogP contribution < -0.4 is 10.3 Å². The first-order valence-corrected chi connectivity index (χ1v) is 9.03. The van der Waals surface area contributed by atoms with Crippen molar-refractivity contribution in [3.8, 4) is 5.75 Å². The highest BCUT2D eigenvalue weighted by molar-refractivity contribution is 5.89. The molecule has 0 N–H and O–H groups in total. The molecule has 1 heterocycles. The zero-order chi connectivity index (χ0) is 19.1. The third-order valence-electron chi connectivity index (χ3n) is 4.05. The second-order valence-corrected chi connectivity index (χ2v) is 6.13. The number of carbonyl (C=O) groups is 1. The topological polar surface area (TPSA) is 70.4 Å². The molecule has 6 heteroatoms. The summed E-state index contributed by atoms with van der Waals surface area (Å²) in [6.45, 7) is 3.28. The molecule has 0 aliphatic rings. The Labute approximate surface area is 157 Å². The lowest BCUT2D eigenvalue weighted by Gasteiger charge is -2.09. The van der Waals surface area contributed by atoms with Gasteiger partial charge >= 0.3 is 5.97 Å². The molecule has 3 aromatic rings. The van der Waals surface area contributed by atoms with Crippen molar-refractivity contribution in [1.29, 1.82) is 0 Å². The molecule has 0 radical (unpaired) electrons. The first-order valence-electron chi connectivity index (χ1n) is 9.03. The number of para-hydroxylation sites is 1. The Morgan fingerprint density at radius 3 is 2.81 bits per heavy atom. The van der Waals surface area contributed by atoms with E-state index in [2.05, 4.69) is 4.98 Å². The first kappa shape index (κ1) is 18.6. The summed E-state index contributed by atoms with van der Waals surface area (Å²) in [5.41, 5.74) is 1.04. The minimum Gasteiger partial charge on any atom is -0.494 e. The molecule has 0 aliphatic carbocycles. The Bertz CT molecular complexity index is 981. The number of esters is 1. The van der Waals surface area contributed by atoms with Gasteiger partial charge in [0.2, 0.25) is 0 Å². The molecule has 0 spiro atoms. The maximum atomic E-state index is 12.4. The van der Waals surface area contributed by atoms with E-state index < -0.39 is 5.97 Å². The van der Waals surface area contributed by atoms with Gasteiger partial charge in [0.25, 0.3) is 5.56 Å². The Morgan fingerprint density at radius 2 is 1.96 bits per heavy atom. The lowest BCUT2D eigenvalue weighted by Crippen LogP contribution is -2.21. The van der Waals surface area contributed by atoms with E-state index in [-0.39, 0.29) is 12.2 Å². The van der Waals surface area contributed by atoms with Crippen LogP contribution in [0.4, 0.5) is 0 Å². The van der Waals surface area contributed by atoms with Crippen molar-refractivity contribution >= 4 is 16.9 Å². The van der Waals surface area contributed by atoms with E-state index in [0.717, 1.165) is 6.42 Å². The number of carbonyl (C=O) groups excluding carboxylic acids is 1. The molecule has 0 bridgehead atoms. The van der Waals surface area contributed by atoms with Crippen LogP contribution in [0.3, 0.4) is 0 Å². The fraction of sp³-hybridized carbons (Fsp3) is 0.286. The fourth-order valence-corrected chi connectivity index (χ4v) is 2.68. The zero-order valence-corrected chi connectivity index (χ0v) is 15.3. The average molecular weight is 366 g/mol. The molecule has 140 valence electrons. The number of aryl methyl sites for hydroxylation is 1. The van der Waals surface area contributed by atoms with Crippen LogP contribution in [0.15, 0.2) is 59.7 Å². The Balaban J connectivity index is 1.54. The monoisotopic (exact) mass is 366 g/mol. The number of aromatic nitrogens is 2. The Hall–Kier alpha value is -3.15. The van der Waals surface area contributed by atoms with E-state index >= 15 is 0 Å². The van der Waals surface area contributed by atoms with Crippen molar-refractivity contribution in [2.45, 2.75) is 26.3 Å². The molecule has 0 saturated heterocycles. The van der Waals surface area contributed by atoms with E-state index in [9.17, 15) is 9.59 Å². The number of fused-ring (bicyclic) bond motifs is 1. The van der Waals surface area contributed by atoms with E-state index in [4.69, 9.17) is 9.47 Å². The van der Waals surface area contributed by atoms with Crippen molar-refractivity contribution < 1.29 is 14.3 Å². The molecule has 0 atom stereocenters. The second kappa shape index (κ2) is 8.98. The smallest absolute Gasteiger partial charge is 0.338 e. The van der Waals surface area contributed by atoms with E-state index in [1.807, 2.05) is 25.1 Å². The van der Waals surface area contributed by atoms with Crippen molar-refractivity contribution in [1.82, 2.24) is 9.55 Å². The van der Waals surface area contributed by atoms with Crippen LogP contribution in [0.5, 0.6) is 5.75 Å². The first-order chi connectivity index (χ1) is 13.2. The van der Waals surface area contributed by atoms with E-state index in [1.54, 1.807) is 30.3 Å². The number of hydrogen-bond acceptors (Lipinski definition) is 5. The molecule has 3 rings (SSSR count). The molecule has 0 unspecified atom stereocenters. The van der Waals surface area contributed by atoms with Crippen LogP contribution in [0, 0.1) is 0 Å². The van der Waals surface area contributed by atoms with Gasteiger partial charge in [0.05, 0.1) is 36.0 Å². The Kier molecular flexibility index (Phi) is 6.20. The van der Waals surface area contributed by atoms with Gasteiger partial charge in [-0.05, 0) is 43.2 Å². The number of nitrogens with zero attached hydrogens (tertiary/aromatic N) is 2. The highest BCUT2D eigenvalue weighted by atomic mass is 16.5. The SMILES string of the molecule is CCCOc1cccc(C(=O)OCCCn2cnc3ccccc3c2=O)c1. The van der Waals surface area contributed by atoms with Crippen molar-refractivity contribution in [2.24, 2.45) is 0 Å². The number of rotatable bonds is 8. The number of benzene rings is 2. The van der Waals surface area contributed by atoms with Crippen molar-refractivity contribution in [3.63, 3.8) is 0 Å². The predicted octanol–water partition coefficient (Wildman–Crippen LogP) is 3.43. The molecule has 0 fully saturated rings. The van der Waals surface area contributed by atoms with Crippen LogP contribution in [0.2, 0.25) is 0 Å². The summed E-state index contributed by atoms with van der Waals surface area (Å²) in [5, 5.41) is 0.584. The van der Waals surface area contributed by atoms with E-state index in [0.29, 0.717) is 41.8 Å². The molecule has 0 saturated carbocycles. The summed E-state index contributed by atoms with van der Waals surface area (Å²) in [6, 6.07) is 14.2. The lowest BCUT2D eigenvalue weighted by molar-refractivity contribution is 0.0495. The third-order valence-corrected chi connectivity index (χ3v) is 4.05. The number of hydrogen-bond donors (Lipinski definition) is 0. The van der Waals surface area contributed by atoms with Crippen LogP contribution in [-0.2, 0) is 11.3 Å². The second-order valence-electron chi connectivity index (χ2n) is 6.13. The molecular weight excluding hydrogens is 344 g/mol. The largest absolute Gasteiger partial charge is 0.494 e. The van der Waals surface area contributed by atoms with E-state index in [1.165, 1.54) is 10.9 Å². The summed E-state index contributed by atoms with van der Waals surface area (Å²) in [4.78, 5) is 28.8. The molecule has 0 aliphatic heterocycles. The summed E-state index contributed by atoms with van der Waals surface area (Å²) < 4.78 is 12.4. The molecule has 0 amide bonds. The maximum absolute atomic E-state index is 12.4. The van der Waals surface area contributed by atoms with Gasteiger partial charge in [-0.1, -0.05) is 25.1 Å². The van der Waals surface area contributed by atoms with Crippen LogP contribution in [-0.4, -0.2) is 28.7 Å². The van der Waals surface area contributed by atoms with Gasteiger partial charge in [0.1, 0.15) is 5.75 Å². The quantitative estimate of drug-likeness (QED) is 0.451. The highest BCUT2D eigenvalue weighted by Gasteiger charge is 2.09. The molecule has 27 heavy (non-hydrogen) atoms. The van der Waals surface area contributed by atoms with Gasteiger partial charge in [-0.15, -0.1) is 0 Å². The molecule has 2 aromatic carbocycles. The highest BCUT2D eigenvalue weighted by Crippen LogP contribution is 2.14. The summed E-state index contributed by atoms with van der Waals surface area (Å²) in [7, 11) is 0. The standard InChI is InChI=1S/C21H22N2O4/c1-2-12-26-17-8-5-7-16(14-17)21(25)27-13-6-11-23-15-22-19-10-4-3-9-18(19)20(23)24/h3-5,7-10,14-15H,2,6,11-13H2,1H3.